The molecule has 1 heterocycles. The molecule has 1 fully saturated rings. The molecule has 0 aromatic heterocycles. The third-order valence-electron chi connectivity index (χ3n) is 2.84. The molecule has 1 saturated heterocycles. The number of hydrogen-bond acceptors (Lipinski definition) is 5. The highest BCUT2D eigenvalue weighted by Gasteiger charge is 2.31. The van der Waals surface area contributed by atoms with Crippen molar-refractivity contribution >= 4 is 5.97 Å². The maximum atomic E-state index is 10.8. The normalized spacial score (nSPS) is 24.3. The van der Waals surface area contributed by atoms with Crippen molar-refractivity contribution < 1.29 is 24.6 Å². The van der Waals surface area contributed by atoms with Gasteiger partial charge in [-0.3, -0.25) is 0 Å². The summed E-state index contributed by atoms with van der Waals surface area (Å²) in [7, 11) is 0. The van der Waals surface area contributed by atoms with Gasteiger partial charge in [0.25, 0.3) is 0 Å². The summed E-state index contributed by atoms with van der Waals surface area (Å²) in [5.74, 6) is -1.08. The van der Waals surface area contributed by atoms with Gasteiger partial charge in [-0.05, 0) is 5.56 Å². The predicted molar refractivity (Wildman–Crippen MR) is 65.8 cm³/mol. The maximum absolute atomic E-state index is 10.8. The Bertz CT molecular complexity index is 411. The average molecular weight is 267 g/mol. The Morgan fingerprint density at radius 3 is 2.79 bits per heavy atom. The van der Waals surface area contributed by atoms with E-state index in [-0.39, 0.29) is 19.7 Å². The van der Waals surface area contributed by atoms with Gasteiger partial charge in [0.1, 0.15) is 0 Å². The first-order chi connectivity index (χ1) is 9.15. The van der Waals surface area contributed by atoms with E-state index in [0.29, 0.717) is 6.61 Å². The molecule has 2 atom stereocenters. The molecular weight excluding hydrogens is 250 g/mol. The van der Waals surface area contributed by atoms with Crippen molar-refractivity contribution in [2.75, 3.05) is 19.7 Å². The largest absolute Gasteiger partial charge is 0.479 e. The van der Waals surface area contributed by atoms with Crippen LogP contribution in [0.3, 0.4) is 0 Å². The van der Waals surface area contributed by atoms with Crippen molar-refractivity contribution in [1.82, 2.24) is 5.06 Å². The molecule has 104 valence electrons. The van der Waals surface area contributed by atoms with E-state index >= 15 is 0 Å². The summed E-state index contributed by atoms with van der Waals surface area (Å²) >= 11 is 0. The summed E-state index contributed by atoms with van der Waals surface area (Å²) < 4.78 is 10.8. The number of benzene rings is 1. The first-order valence-electron chi connectivity index (χ1n) is 6.09. The standard InChI is InChI=1S/C13H17NO5/c15-13(16)12-7-14(17)6-11(19-12)9-18-8-10-4-2-1-3-5-10/h1-5,11-12,17H,6-9H2,(H,15,16)/t11-,12+/m0/s1. The third-order valence-corrected chi connectivity index (χ3v) is 2.84. The Balaban J connectivity index is 1.77. The number of hydrogen-bond donors (Lipinski definition) is 2. The molecule has 1 aromatic carbocycles. The van der Waals surface area contributed by atoms with Gasteiger partial charge in [0, 0.05) is 0 Å². The first-order valence-corrected chi connectivity index (χ1v) is 6.09. The van der Waals surface area contributed by atoms with Crippen LogP contribution in [0.5, 0.6) is 0 Å². The summed E-state index contributed by atoms with van der Waals surface area (Å²) in [5, 5.41) is 19.3. The van der Waals surface area contributed by atoms with Crippen molar-refractivity contribution in [1.29, 1.82) is 0 Å². The van der Waals surface area contributed by atoms with Crippen LogP contribution in [0.4, 0.5) is 0 Å². The molecule has 0 aliphatic carbocycles. The summed E-state index contributed by atoms with van der Waals surface area (Å²) in [6, 6.07) is 9.66. The lowest BCUT2D eigenvalue weighted by Crippen LogP contribution is -2.50. The van der Waals surface area contributed by atoms with E-state index in [4.69, 9.17) is 14.6 Å². The first kappa shape index (κ1) is 14.0. The molecule has 2 rings (SSSR count). The molecule has 0 bridgehead atoms. The van der Waals surface area contributed by atoms with E-state index in [2.05, 4.69) is 0 Å². The maximum Gasteiger partial charge on any atom is 0.334 e. The molecule has 1 aliphatic rings. The molecule has 6 nitrogen and oxygen atoms in total. The summed E-state index contributed by atoms with van der Waals surface area (Å²) in [5.41, 5.74) is 1.04. The number of nitrogens with zero attached hydrogens (tertiary/aromatic N) is 1. The molecule has 2 N–H and O–H groups in total. The van der Waals surface area contributed by atoms with Crippen LogP contribution in [0.25, 0.3) is 0 Å². The quantitative estimate of drug-likeness (QED) is 0.819. The Kier molecular flexibility index (Phi) is 4.86. The van der Waals surface area contributed by atoms with Crippen molar-refractivity contribution in [3.8, 4) is 0 Å². The highest BCUT2D eigenvalue weighted by atomic mass is 16.6. The monoisotopic (exact) mass is 267 g/mol. The lowest BCUT2D eigenvalue weighted by atomic mass is 10.2. The smallest absolute Gasteiger partial charge is 0.334 e. The molecule has 19 heavy (non-hydrogen) atoms. The van der Waals surface area contributed by atoms with Crippen molar-refractivity contribution in [2.45, 2.75) is 18.8 Å². The summed E-state index contributed by atoms with van der Waals surface area (Å²) in [4.78, 5) is 10.8. The van der Waals surface area contributed by atoms with E-state index in [1.165, 1.54) is 0 Å². The lowest BCUT2D eigenvalue weighted by molar-refractivity contribution is -0.215. The van der Waals surface area contributed by atoms with Gasteiger partial charge in [-0.2, -0.15) is 5.06 Å². The SMILES string of the molecule is O=C(O)[C@H]1CN(O)C[C@@H](COCc2ccccc2)O1. The topological polar surface area (TPSA) is 79.2 Å². The number of hydroxylamine groups is 2. The zero-order valence-electron chi connectivity index (χ0n) is 10.4. The van der Waals surface area contributed by atoms with Crippen molar-refractivity contribution in [3.05, 3.63) is 35.9 Å². The zero-order valence-corrected chi connectivity index (χ0v) is 10.4. The second-order valence-corrected chi connectivity index (χ2v) is 4.46. The predicted octanol–water partition coefficient (Wildman–Crippen LogP) is 0.746. The number of ether oxygens (including phenoxy) is 2. The van der Waals surface area contributed by atoms with Crippen molar-refractivity contribution in [3.63, 3.8) is 0 Å². The second-order valence-electron chi connectivity index (χ2n) is 4.46. The number of morpholine rings is 1. The minimum Gasteiger partial charge on any atom is -0.479 e. The van der Waals surface area contributed by atoms with Crippen LogP contribution >= 0.6 is 0 Å². The average Bonchev–Trinajstić information content (AvgIpc) is 2.39. The molecular formula is C13H17NO5. The summed E-state index contributed by atoms with van der Waals surface area (Å²) in [6.07, 6.45) is -1.45. The van der Waals surface area contributed by atoms with E-state index < -0.39 is 18.2 Å². The van der Waals surface area contributed by atoms with Gasteiger partial charge in [-0.25, -0.2) is 4.79 Å². The zero-order chi connectivity index (χ0) is 13.7. The minimum absolute atomic E-state index is 0.0233. The van der Waals surface area contributed by atoms with Gasteiger partial charge in [-0.15, -0.1) is 0 Å². The lowest BCUT2D eigenvalue weighted by Gasteiger charge is -2.32. The van der Waals surface area contributed by atoms with Crippen LogP contribution < -0.4 is 0 Å². The van der Waals surface area contributed by atoms with Gasteiger partial charge < -0.3 is 19.8 Å². The van der Waals surface area contributed by atoms with E-state index in [1.54, 1.807) is 0 Å². The fourth-order valence-corrected chi connectivity index (χ4v) is 1.93. The highest BCUT2D eigenvalue weighted by molar-refractivity contribution is 5.72. The van der Waals surface area contributed by atoms with Crippen LogP contribution in [0.15, 0.2) is 30.3 Å². The van der Waals surface area contributed by atoms with Crippen LogP contribution in [0.2, 0.25) is 0 Å². The minimum atomic E-state index is -1.08. The van der Waals surface area contributed by atoms with E-state index in [0.717, 1.165) is 10.6 Å². The van der Waals surface area contributed by atoms with Gasteiger partial charge in [-0.1, -0.05) is 30.3 Å². The van der Waals surface area contributed by atoms with Gasteiger partial charge in [0.15, 0.2) is 6.10 Å². The Morgan fingerprint density at radius 2 is 2.11 bits per heavy atom. The fraction of sp³-hybridized carbons (Fsp3) is 0.462. The summed E-state index contributed by atoms with van der Waals surface area (Å²) in [6.45, 7) is 0.905. The molecule has 0 radical (unpaired) electrons. The number of carboxylic acid groups (broad SMARTS) is 1. The number of rotatable bonds is 5. The number of carbonyl (C=O) groups is 1. The third kappa shape index (κ3) is 4.29. The Labute approximate surface area is 111 Å². The van der Waals surface area contributed by atoms with Gasteiger partial charge in [0.05, 0.1) is 32.4 Å². The molecule has 0 saturated carbocycles. The number of carboxylic acids is 1. The van der Waals surface area contributed by atoms with Gasteiger partial charge >= 0.3 is 5.97 Å². The Hall–Kier alpha value is -1.47. The van der Waals surface area contributed by atoms with E-state index in [9.17, 15) is 10.0 Å². The van der Waals surface area contributed by atoms with Gasteiger partial charge in [0.2, 0.25) is 0 Å². The Morgan fingerprint density at radius 1 is 1.37 bits per heavy atom. The van der Waals surface area contributed by atoms with Crippen LogP contribution in [0, 0.1) is 0 Å². The van der Waals surface area contributed by atoms with Crippen LogP contribution in [0.1, 0.15) is 5.56 Å². The van der Waals surface area contributed by atoms with Crippen LogP contribution in [-0.2, 0) is 20.9 Å². The molecule has 1 aromatic rings. The molecule has 0 amide bonds. The molecule has 0 spiro atoms. The highest BCUT2D eigenvalue weighted by Crippen LogP contribution is 2.11. The van der Waals surface area contributed by atoms with Crippen LogP contribution in [-0.4, -0.2) is 53.3 Å². The van der Waals surface area contributed by atoms with E-state index in [1.807, 2.05) is 30.3 Å². The molecule has 0 unspecified atom stereocenters. The molecule has 1 aliphatic heterocycles. The second kappa shape index (κ2) is 6.63. The molecule has 6 heteroatoms. The number of aliphatic carboxylic acids is 1. The fourth-order valence-electron chi connectivity index (χ4n) is 1.93. The van der Waals surface area contributed by atoms with Crippen molar-refractivity contribution in [2.24, 2.45) is 0 Å².